The zero-order chi connectivity index (χ0) is 9.14. The van der Waals surface area contributed by atoms with E-state index in [9.17, 15) is 4.79 Å². The summed E-state index contributed by atoms with van der Waals surface area (Å²) in [6.07, 6.45) is 2.58. The molecule has 1 atom stereocenters. The van der Waals surface area contributed by atoms with Gasteiger partial charge in [-0.1, -0.05) is 24.4 Å². The maximum Gasteiger partial charge on any atom is 0.314 e. The van der Waals surface area contributed by atoms with Crippen molar-refractivity contribution in [2.75, 3.05) is 7.11 Å². The lowest BCUT2D eigenvalue weighted by molar-refractivity contribution is -0.143. The number of carbonyl (C=O) groups is 1. The number of esters is 1. The molecule has 0 aromatic heterocycles. The molecule has 0 bridgehead atoms. The summed E-state index contributed by atoms with van der Waals surface area (Å²) in [5.74, 6) is -0.506. The van der Waals surface area contributed by atoms with Gasteiger partial charge in [0.1, 0.15) is 0 Å². The Morgan fingerprint density at radius 1 is 1.58 bits per heavy atom. The largest absolute Gasteiger partial charge is 0.469 e. The molecule has 0 saturated heterocycles. The van der Waals surface area contributed by atoms with Crippen molar-refractivity contribution in [3.8, 4) is 0 Å². The van der Waals surface area contributed by atoms with Crippen molar-refractivity contribution in [3.63, 3.8) is 0 Å². The summed E-state index contributed by atoms with van der Waals surface area (Å²) in [6.45, 7) is 0. The van der Waals surface area contributed by atoms with Gasteiger partial charge in [0.25, 0.3) is 0 Å². The summed E-state index contributed by atoms with van der Waals surface area (Å²) in [6, 6.07) is 0. The van der Waals surface area contributed by atoms with Crippen LogP contribution in [-0.4, -0.2) is 22.8 Å². The highest BCUT2D eigenvalue weighted by atomic mass is 32.1. The molecule has 4 heteroatoms. The van der Waals surface area contributed by atoms with E-state index in [0.717, 1.165) is 24.1 Å². The number of rotatable bonds is 1. The molecule has 0 amide bonds. The third kappa shape index (κ3) is 1.87. The molecule has 0 radical (unpaired) electrons. The first-order valence-electron chi connectivity index (χ1n) is 3.81. The second-order valence-electron chi connectivity index (χ2n) is 2.76. The second kappa shape index (κ2) is 4.05. The number of hydrogen-bond donors (Lipinski definition) is 0. The lowest BCUT2D eigenvalue weighted by atomic mass is 9.89. The van der Waals surface area contributed by atoms with E-state index in [1.54, 1.807) is 0 Å². The third-order valence-electron chi connectivity index (χ3n) is 1.97. The number of hydrogen-bond acceptors (Lipinski definition) is 4. The third-order valence-corrected chi connectivity index (χ3v) is 3.06. The van der Waals surface area contributed by atoms with E-state index in [-0.39, 0.29) is 11.9 Å². The lowest BCUT2D eigenvalue weighted by Crippen LogP contribution is -2.32. The average molecular weight is 202 g/mol. The summed E-state index contributed by atoms with van der Waals surface area (Å²) in [5.41, 5.74) is 0. The van der Waals surface area contributed by atoms with Crippen LogP contribution in [0.5, 0.6) is 0 Å². The van der Waals surface area contributed by atoms with Crippen LogP contribution in [0.3, 0.4) is 0 Å². The lowest BCUT2D eigenvalue weighted by Gasteiger charge is -2.21. The van der Waals surface area contributed by atoms with E-state index in [1.807, 2.05) is 0 Å². The van der Waals surface area contributed by atoms with Crippen LogP contribution < -0.4 is 0 Å². The van der Waals surface area contributed by atoms with Crippen LogP contribution in [0, 0.1) is 5.92 Å². The molecule has 1 unspecified atom stereocenters. The molecule has 12 heavy (non-hydrogen) atoms. The minimum atomic E-state index is -0.258. The molecule has 1 aliphatic carbocycles. The highest BCUT2D eigenvalue weighted by Crippen LogP contribution is 2.21. The van der Waals surface area contributed by atoms with Crippen LogP contribution in [-0.2, 0) is 9.53 Å². The van der Waals surface area contributed by atoms with Crippen LogP contribution >= 0.6 is 24.4 Å². The Morgan fingerprint density at radius 2 is 2.25 bits per heavy atom. The first-order chi connectivity index (χ1) is 5.66. The normalized spacial score (nSPS) is 23.9. The molecule has 0 aliphatic heterocycles. The van der Waals surface area contributed by atoms with Crippen molar-refractivity contribution >= 4 is 40.1 Å². The molecule has 1 saturated carbocycles. The predicted octanol–water partition coefficient (Wildman–Crippen LogP) is 1.70. The smallest absolute Gasteiger partial charge is 0.314 e. The molecule has 0 spiro atoms. The Hall–Kier alpha value is -0.350. The summed E-state index contributed by atoms with van der Waals surface area (Å²) < 4.78 is 4.62. The van der Waals surface area contributed by atoms with E-state index in [4.69, 9.17) is 24.4 Å². The van der Waals surface area contributed by atoms with Crippen LogP contribution in [0.4, 0.5) is 0 Å². The van der Waals surface area contributed by atoms with E-state index in [2.05, 4.69) is 4.74 Å². The van der Waals surface area contributed by atoms with Gasteiger partial charge in [0, 0.05) is 9.73 Å². The number of methoxy groups -OCH3 is 1. The molecule has 66 valence electrons. The van der Waals surface area contributed by atoms with Gasteiger partial charge in [-0.2, -0.15) is 0 Å². The van der Waals surface area contributed by atoms with E-state index < -0.39 is 0 Å². The summed E-state index contributed by atoms with van der Waals surface area (Å²) >= 11 is 10.1. The minimum Gasteiger partial charge on any atom is -0.469 e. The van der Waals surface area contributed by atoms with E-state index >= 15 is 0 Å². The van der Waals surface area contributed by atoms with Gasteiger partial charge in [0.2, 0.25) is 0 Å². The zero-order valence-corrected chi connectivity index (χ0v) is 8.46. The summed E-state index contributed by atoms with van der Waals surface area (Å²) in [4.78, 5) is 12.5. The number of thiocarbonyl (C=S) groups is 2. The Morgan fingerprint density at radius 3 is 2.83 bits per heavy atom. The SMILES string of the molecule is COC(=O)C1CCCC(=S)C1=S. The standard InChI is InChI=1S/C8H10O2S2/c1-10-8(9)5-3-2-4-6(11)7(5)12/h5H,2-4H2,1H3. The van der Waals surface area contributed by atoms with Gasteiger partial charge >= 0.3 is 5.97 Å². The Labute approximate surface area is 82.3 Å². The summed E-state index contributed by atoms with van der Waals surface area (Å²) in [7, 11) is 1.38. The van der Waals surface area contributed by atoms with E-state index in [1.165, 1.54) is 7.11 Å². The number of ether oxygens (including phenoxy) is 1. The molecule has 1 rings (SSSR count). The van der Waals surface area contributed by atoms with Gasteiger partial charge in [-0.25, -0.2) is 0 Å². The first kappa shape index (κ1) is 9.74. The van der Waals surface area contributed by atoms with Crippen LogP contribution in [0.1, 0.15) is 19.3 Å². The topological polar surface area (TPSA) is 26.3 Å². The van der Waals surface area contributed by atoms with Crippen molar-refractivity contribution < 1.29 is 9.53 Å². The fourth-order valence-electron chi connectivity index (χ4n) is 1.28. The molecule has 0 aromatic carbocycles. The minimum absolute atomic E-state index is 0.248. The van der Waals surface area contributed by atoms with Crippen molar-refractivity contribution in [2.24, 2.45) is 5.92 Å². The monoisotopic (exact) mass is 202 g/mol. The maximum absolute atomic E-state index is 11.2. The molecule has 0 aromatic rings. The van der Waals surface area contributed by atoms with Crippen LogP contribution in [0.15, 0.2) is 0 Å². The molecule has 1 fully saturated rings. The fourth-order valence-corrected chi connectivity index (χ4v) is 1.89. The predicted molar refractivity (Wildman–Crippen MR) is 54.6 cm³/mol. The van der Waals surface area contributed by atoms with Gasteiger partial charge in [0.05, 0.1) is 13.0 Å². The van der Waals surface area contributed by atoms with Crippen LogP contribution in [0.2, 0.25) is 0 Å². The van der Waals surface area contributed by atoms with Gasteiger partial charge in [-0.3, -0.25) is 4.79 Å². The molecule has 0 heterocycles. The van der Waals surface area contributed by atoms with Gasteiger partial charge in [-0.15, -0.1) is 0 Å². The summed E-state index contributed by atoms with van der Waals surface area (Å²) in [5, 5.41) is 0. The average Bonchev–Trinajstić information content (AvgIpc) is 2.08. The van der Waals surface area contributed by atoms with Gasteiger partial charge < -0.3 is 4.74 Å². The van der Waals surface area contributed by atoms with Crippen molar-refractivity contribution in [3.05, 3.63) is 0 Å². The fraction of sp³-hybridized carbons (Fsp3) is 0.625. The highest BCUT2D eigenvalue weighted by Gasteiger charge is 2.29. The quantitative estimate of drug-likeness (QED) is 0.477. The Kier molecular flexibility index (Phi) is 3.29. The molecule has 0 N–H and O–H groups in total. The highest BCUT2D eigenvalue weighted by molar-refractivity contribution is 7.89. The van der Waals surface area contributed by atoms with Crippen molar-refractivity contribution in [1.29, 1.82) is 0 Å². The number of carbonyl (C=O) groups excluding carboxylic acids is 1. The Bertz CT molecular complexity index is 235. The molecule has 2 nitrogen and oxygen atoms in total. The molecule has 1 aliphatic rings. The molecular weight excluding hydrogens is 192 g/mol. The van der Waals surface area contributed by atoms with Gasteiger partial charge in [-0.05, 0) is 19.3 Å². The van der Waals surface area contributed by atoms with E-state index in [0.29, 0.717) is 4.86 Å². The molecular formula is C8H10O2S2. The Balaban J connectivity index is 2.70. The van der Waals surface area contributed by atoms with Crippen molar-refractivity contribution in [1.82, 2.24) is 0 Å². The maximum atomic E-state index is 11.2. The van der Waals surface area contributed by atoms with Crippen molar-refractivity contribution in [2.45, 2.75) is 19.3 Å². The zero-order valence-electron chi connectivity index (χ0n) is 6.83. The first-order valence-corrected chi connectivity index (χ1v) is 4.63. The second-order valence-corrected chi connectivity index (χ2v) is 3.69. The van der Waals surface area contributed by atoms with Gasteiger partial charge in [0.15, 0.2) is 0 Å². The van der Waals surface area contributed by atoms with Crippen LogP contribution in [0.25, 0.3) is 0 Å².